The van der Waals surface area contributed by atoms with Crippen LogP contribution in [0.15, 0.2) is 53.0 Å². The number of benzene rings is 2. The average Bonchev–Trinajstić information content (AvgIpc) is 2.63. The number of ether oxygens (including phenoxy) is 2. The third-order valence-corrected chi connectivity index (χ3v) is 4.23. The molecule has 0 fully saturated rings. The minimum atomic E-state index is -0.602. The van der Waals surface area contributed by atoms with Crippen molar-refractivity contribution in [2.45, 2.75) is 32.4 Å². The highest BCUT2D eigenvalue weighted by atomic mass is 79.9. The number of alkyl carbamates (subject to hydrolysis) is 1. The zero-order valence-electron chi connectivity index (χ0n) is 16.4. The van der Waals surface area contributed by atoms with Crippen LogP contribution in [-0.2, 0) is 4.74 Å². The molecular formula is C21H25BrN2O4. The molecule has 7 heteroatoms. The van der Waals surface area contributed by atoms with E-state index in [1.54, 1.807) is 46.1 Å². The first-order valence-corrected chi connectivity index (χ1v) is 9.64. The molecule has 2 N–H and O–H groups in total. The van der Waals surface area contributed by atoms with Crippen LogP contribution < -0.4 is 15.4 Å². The molecule has 2 aromatic carbocycles. The summed E-state index contributed by atoms with van der Waals surface area (Å²) < 4.78 is 11.4. The number of carbonyl (C=O) groups excluding carboxylic acids is 2. The van der Waals surface area contributed by atoms with Gasteiger partial charge in [-0.15, -0.1) is 0 Å². The molecule has 0 saturated carbocycles. The quantitative estimate of drug-likeness (QED) is 0.683. The van der Waals surface area contributed by atoms with Crippen molar-refractivity contribution in [2.24, 2.45) is 0 Å². The number of hydrogen-bond acceptors (Lipinski definition) is 4. The average molecular weight is 449 g/mol. The largest absolute Gasteiger partial charge is 0.497 e. The van der Waals surface area contributed by atoms with E-state index in [4.69, 9.17) is 9.47 Å². The molecule has 0 heterocycles. The summed E-state index contributed by atoms with van der Waals surface area (Å²) in [5, 5.41) is 5.68. The smallest absolute Gasteiger partial charge is 0.407 e. The lowest BCUT2D eigenvalue weighted by Crippen LogP contribution is -2.40. The predicted octanol–water partition coefficient (Wildman–Crippen LogP) is 4.45. The molecule has 2 rings (SSSR count). The van der Waals surface area contributed by atoms with Gasteiger partial charge in [-0.05, 0) is 56.7 Å². The van der Waals surface area contributed by atoms with Crippen molar-refractivity contribution in [3.05, 3.63) is 64.1 Å². The zero-order chi connectivity index (χ0) is 20.7. The van der Waals surface area contributed by atoms with Crippen molar-refractivity contribution in [1.82, 2.24) is 10.6 Å². The number of carbonyl (C=O) groups is 2. The normalized spacial score (nSPS) is 12.0. The fourth-order valence-electron chi connectivity index (χ4n) is 2.48. The molecular weight excluding hydrogens is 424 g/mol. The fraction of sp³-hybridized carbons (Fsp3) is 0.333. The Kier molecular flexibility index (Phi) is 7.45. The SMILES string of the molecule is COc1cccc(C(CNC(=O)OC(C)(C)C)NC(=O)c2cccc(Br)c2)c1. The lowest BCUT2D eigenvalue weighted by molar-refractivity contribution is 0.0520. The molecule has 28 heavy (non-hydrogen) atoms. The summed E-state index contributed by atoms with van der Waals surface area (Å²) in [5.41, 5.74) is 0.716. The maximum absolute atomic E-state index is 12.7. The third-order valence-electron chi connectivity index (χ3n) is 3.74. The molecule has 0 bridgehead atoms. The van der Waals surface area contributed by atoms with Crippen molar-refractivity contribution in [2.75, 3.05) is 13.7 Å². The number of amides is 2. The second-order valence-corrected chi connectivity index (χ2v) is 8.11. The number of hydrogen-bond donors (Lipinski definition) is 2. The molecule has 0 aliphatic carbocycles. The Hall–Kier alpha value is -2.54. The predicted molar refractivity (Wildman–Crippen MR) is 112 cm³/mol. The van der Waals surface area contributed by atoms with Gasteiger partial charge in [0.2, 0.25) is 0 Å². The maximum atomic E-state index is 12.7. The summed E-state index contributed by atoms with van der Waals surface area (Å²) in [6.45, 7) is 5.55. The second-order valence-electron chi connectivity index (χ2n) is 7.20. The van der Waals surface area contributed by atoms with Crippen LogP contribution >= 0.6 is 15.9 Å². The molecule has 0 saturated heterocycles. The summed E-state index contributed by atoms with van der Waals surface area (Å²) in [4.78, 5) is 24.7. The Labute approximate surface area is 173 Å². The van der Waals surface area contributed by atoms with Gasteiger partial charge in [0.15, 0.2) is 0 Å². The molecule has 0 spiro atoms. The van der Waals surface area contributed by atoms with Gasteiger partial charge in [-0.25, -0.2) is 4.79 Å². The Morgan fingerprint density at radius 2 is 1.82 bits per heavy atom. The minimum absolute atomic E-state index is 0.168. The fourth-order valence-corrected chi connectivity index (χ4v) is 2.88. The third kappa shape index (κ3) is 6.88. The first-order chi connectivity index (χ1) is 13.2. The van der Waals surface area contributed by atoms with Crippen LogP contribution in [0, 0.1) is 0 Å². The van der Waals surface area contributed by atoms with Crippen molar-refractivity contribution in [1.29, 1.82) is 0 Å². The molecule has 2 aromatic rings. The maximum Gasteiger partial charge on any atom is 0.407 e. The Morgan fingerprint density at radius 3 is 2.46 bits per heavy atom. The zero-order valence-corrected chi connectivity index (χ0v) is 18.0. The molecule has 0 aromatic heterocycles. The van der Waals surface area contributed by atoms with E-state index in [1.807, 2.05) is 30.3 Å². The first kappa shape index (κ1) is 21.8. The molecule has 150 valence electrons. The van der Waals surface area contributed by atoms with Crippen LogP contribution in [0.5, 0.6) is 5.75 Å². The van der Waals surface area contributed by atoms with E-state index in [0.29, 0.717) is 11.3 Å². The van der Waals surface area contributed by atoms with Crippen LogP contribution in [-0.4, -0.2) is 31.3 Å². The topological polar surface area (TPSA) is 76.7 Å². The molecule has 0 aliphatic rings. The van der Waals surface area contributed by atoms with Crippen LogP contribution in [0.25, 0.3) is 0 Å². The number of methoxy groups -OCH3 is 1. The van der Waals surface area contributed by atoms with Gasteiger partial charge in [0.1, 0.15) is 11.4 Å². The summed E-state index contributed by atoms with van der Waals surface area (Å²) >= 11 is 3.37. The Morgan fingerprint density at radius 1 is 1.11 bits per heavy atom. The lowest BCUT2D eigenvalue weighted by Gasteiger charge is -2.23. The van der Waals surface area contributed by atoms with Crippen molar-refractivity contribution in [3.63, 3.8) is 0 Å². The van der Waals surface area contributed by atoms with Gasteiger partial charge >= 0.3 is 6.09 Å². The van der Waals surface area contributed by atoms with Crippen molar-refractivity contribution < 1.29 is 19.1 Å². The summed E-state index contributed by atoms with van der Waals surface area (Å²) in [6.07, 6.45) is -0.544. The minimum Gasteiger partial charge on any atom is -0.497 e. The highest BCUT2D eigenvalue weighted by Crippen LogP contribution is 2.20. The lowest BCUT2D eigenvalue weighted by atomic mass is 10.1. The van der Waals surface area contributed by atoms with E-state index < -0.39 is 17.7 Å². The summed E-state index contributed by atoms with van der Waals surface area (Å²) in [5.74, 6) is 0.414. The van der Waals surface area contributed by atoms with E-state index in [0.717, 1.165) is 10.0 Å². The van der Waals surface area contributed by atoms with Gasteiger partial charge in [0.25, 0.3) is 5.91 Å². The van der Waals surface area contributed by atoms with Gasteiger partial charge < -0.3 is 20.1 Å². The summed E-state index contributed by atoms with van der Waals surface area (Å²) in [6, 6.07) is 14.0. The molecule has 0 aliphatic heterocycles. The number of halogens is 1. The van der Waals surface area contributed by atoms with E-state index in [-0.39, 0.29) is 12.5 Å². The van der Waals surface area contributed by atoms with E-state index in [2.05, 4.69) is 26.6 Å². The molecule has 2 amide bonds. The Balaban J connectivity index is 2.18. The molecule has 0 radical (unpaired) electrons. The van der Waals surface area contributed by atoms with Crippen LogP contribution in [0.2, 0.25) is 0 Å². The van der Waals surface area contributed by atoms with Gasteiger partial charge in [-0.2, -0.15) is 0 Å². The van der Waals surface area contributed by atoms with E-state index >= 15 is 0 Å². The molecule has 1 atom stereocenters. The standard InChI is InChI=1S/C21H25BrN2O4/c1-21(2,3)28-20(26)23-13-18(14-7-6-10-17(12-14)27-4)24-19(25)15-8-5-9-16(22)11-15/h5-12,18H,13H2,1-4H3,(H,23,26)(H,24,25). The van der Waals surface area contributed by atoms with Gasteiger partial charge in [0.05, 0.1) is 13.2 Å². The van der Waals surface area contributed by atoms with Gasteiger partial charge in [0, 0.05) is 16.6 Å². The van der Waals surface area contributed by atoms with Crippen molar-refractivity contribution >= 4 is 27.9 Å². The number of nitrogens with one attached hydrogen (secondary N) is 2. The van der Waals surface area contributed by atoms with Crippen LogP contribution in [0.1, 0.15) is 42.7 Å². The first-order valence-electron chi connectivity index (χ1n) is 8.85. The highest BCUT2D eigenvalue weighted by molar-refractivity contribution is 9.10. The van der Waals surface area contributed by atoms with Gasteiger partial charge in [-0.3, -0.25) is 4.79 Å². The van der Waals surface area contributed by atoms with Gasteiger partial charge in [-0.1, -0.05) is 34.1 Å². The summed E-state index contributed by atoms with van der Waals surface area (Å²) in [7, 11) is 1.58. The van der Waals surface area contributed by atoms with E-state index in [9.17, 15) is 9.59 Å². The van der Waals surface area contributed by atoms with Crippen LogP contribution in [0.3, 0.4) is 0 Å². The highest BCUT2D eigenvalue weighted by Gasteiger charge is 2.20. The molecule has 6 nitrogen and oxygen atoms in total. The second kappa shape index (κ2) is 9.59. The Bertz CT molecular complexity index is 833. The molecule has 1 unspecified atom stereocenters. The monoisotopic (exact) mass is 448 g/mol. The van der Waals surface area contributed by atoms with Crippen LogP contribution in [0.4, 0.5) is 4.79 Å². The van der Waals surface area contributed by atoms with Crippen molar-refractivity contribution in [3.8, 4) is 5.75 Å². The number of rotatable bonds is 6. The van der Waals surface area contributed by atoms with E-state index in [1.165, 1.54) is 0 Å².